The molecular weight excluding hydrogens is 584 g/mol. The first-order valence-corrected chi connectivity index (χ1v) is 13.7. The molecular formula is C28H21Cl2F3N4O2S. The van der Waals surface area contributed by atoms with E-state index in [2.05, 4.69) is 20.3 Å². The van der Waals surface area contributed by atoms with Crippen LogP contribution in [0.15, 0.2) is 77.7 Å². The predicted octanol–water partition coefficient (Wildman–Crippen LogP) is 8.55. The Morgan fingerprint density at radius 1 is 0.975 bits per heavy atom. The molecule has 1 aliphatic rings. The van der Waals surface area contributed by atoms with Crippen molar-refractivity contribution in [1.82, 2.24) is 9.97 Å². The Labute approximate surface area is 242 Å². The number of rotatable bonds is 7. The molecule has 0 fully saturated rings. The monoisotopic (exact) mass is 604 g/mol. The van der Waals surface area contributed by atoms with Gasteiger partial charge in [-0.15, -0.1) is 11.8 Å². The van der Waals surface area contributed by atoms with E-state index < -0.39 is 11.7 Å². The van der Waals surface area contributed by atoms with Crippen LogP contribution in [0.1, 0.15) is 17.5 Å². The summed E-state index contributed by atoms with van der Waals surface area (Å²) in [6, 6.07) is 13.7. The van der Waals surface area contributed by atoms with E-state index in [0.29, 0.717) is 60.3 Å². The number of benzene rings is 3. The second kappa shape index (κ2) is 12.0. The van der Waals surface area contributed by atoms with Crippen LogP contribution in [0.4, 0.5) is 24.7 Å². The summed E-state index contributed by atoms with van der Waals surface area (Å²) in [5.41, 5.74) is 1.90. The second-order valence-electron chi connectivity index (χ2n) is 8.61. The summed E-state index contributed by atoms with van der Waals surface area (Å²) in [7, 11) is 1.53. The van der Waals surface area contributed by atoms with Crippen LogP contribution in [-0.4, -0.2) is 34.5 Å². The molecule has 0 atom stereocenters. The molecule has 0 amide bonds. The largest absolute Gasteiger partial charge is 0.493 e. The normalized spacial score (nSPS) is 13.8. The van der Waals surface area contributed by atoms with E-state index in [-0.39, 0.29) is 6.61 Å². The van der Waals surface area contributed by atoms with Gasteiger partial charge < -0.3 is 14.8 Å². The Morgan fingerprint density at radius 2 is 1.77 bits per heavy atom. The number of aliphatic imine (C=N–C) groups is 1. The minimum absolute atomic E-state index is 0.131. The molecule has 5 rings (SSSR count). The van der Waals surface area contributed by atoms with Crippen LogP contribution < -0.4 is 14.8 Å². The number of ether oxygens (including phenoxy) is 2. The zero-order valence-electron chi connectivity index (χ0n) is 20.9. The van der Waals surface area contributed by atoms with E-state index in [1.165, 1.54) is 37.3 Å². The van der Waals surface area contributed by atoms with Crippen molar-refractivity contribution in [2.24, 2.45) is 4.99 Å². The molecule has 6 nitrogen and oxygen atoms in total. The van der Waals surface area contributed by atoms with Gasteiger partial charge in [-0.2, -0.15) is 13.2 Å². The first kappa shape index (κ1) is 28.1. The van der Waals surface area contributed by atoms with Gasteiger partial charge in [-0.05, 0) is 42.8 Å². The van der Waals surface area contributed by atoms with Crippen LogP contribution >= 0.6 is 35.0 Å². The molecule has 0 unspecified atom stereocenters. The van der Waals surface area contributed by atoms with Crippen molar-refractivity contribution in [2.45, 2.75) is 12.6 Å². The topological polar surface area (TPSA) is 68.6 Å². The summed E-state index contributed by atoms with van der Waals surface area (Å²) < 4.78 is 50.6. The highest BCUT2D eigenvalue weighted by Crippen LogP contribution is 2.36. The van der Waals surface area contributed by atoms with E-state index in [4.69, 9.17) is 32.7 Å². The van der Waals surface area contributed by atoms with E-state index >= 15 is 0 Å². The highest BCUT2D eigenvalue weighted by Gasteiger charge is 2.30. The average molecular weight is 605 g/mol. The molecule has 2 heterocycles. The van der Waals surface area contributed by atoms with E-state index in [0.717, 1.165) is 24.3 Å². The number of thioether (sulfide) groups is 1. The second-order valence-corrected chi connectivity index (χ2v) is 10.5. The molecule has 4 aromatic rings. The lowest BCUT2D eigenvalue weighted by molar-refractivity contribution is -0.137. The molecule has 0 radical (unpaired) electrons. The molecule has 0 saturated heterocycles. The highest BCUT2D eigenvalue weighted by atomic mass is 35.5. The fourth-order valence-electron chi connectivity index (χ4n) is 3.93. The van der Waals surface area contributed by atoms with Crippen molar-refractivity contribution in [3.63, 3.8) is 0 Å². The third-order valence-corrected chi connectivity index (χ3v) is 7.70. The SMILES string of the molecule is COc1cc2c(Nc3ccc(Cl)c(Cl)c3)ncnc2cc1OCC1=CCCSC(c2ccc(C(F)(F)F)cc2)=N1. The van der Waals surface area contributed by atoms with Gasteiger partial charge in [-0.1, -0.05) is 41.4 Å². The molecule has 0 aliphatic carbocycles. The number of aromatic nitrogens is 2. The van der Waals surface area contributed by atoms with Crippen LogP contribution in [0.2, 0.25) is 10.0 Å². The lowest BCUT2D eigenvalue weighted by atomic mass is 10.1. The summed E-state index contributed by atoms with van der Waals surface area (Å²) in [6.07, 6.45) is -0.258. The maximum absolute atomic E-state index is 13.0. The number of anilines is 2. The minimum Gasteiger partial charge on any atom is -0.493 e. The van der Waals surface area contributed by atoms with Crippen LogP contribution in [0, 0.1) is 0 Å². The summed E-state index contributed by atoms with van der Waals surface area (Å²) in [6.45, 7) is 0.131. The maximum Gasteiger partial charge on any atom is 0.416 e. The summed E-state index contributed by atoms with van der Waals surface area (Å²) in [5.74, 6) is 2.21. The standard InChI is InChI=1S/C28H21Cl2F3N4O2S/c1-38-24-12-20-23(34-15-35-26(20)36-18-8-9-21(29)22(30)11-18)13-25(24)39-14-19-3-2-10-40-27(37-19)16-4-6-17(7-5-16)28(31,32)33/h3-9,11-13,15H,2,10,14H2,1H3,(H,34,35,36). The Kier molecular flexibility index (Phi) is 8.39. The molecule has 1 aromatic heterocycles. The third kappa shape index (κ3) is 6.46. The number of halogens is 5. The quantitative estimate of drug-likeness (QED) is 0.228. The molecule has 1 aliphatic heterocycles. The van der Waals surface area contributed by atoms with E-state index in [1.54, 1.807) is 30.3 Å². The lowest BCUT2D eigenvalue weighted by Gasteiger charge is -2.14. The van der Waals surface area contributed by atoms with Gasteiger partial charge in [0, 0.05) is 28.5 Å². The van der Waals surface area contributed by atoms with Gasteiger partial charge in [0.2, 0.25) is 0 Å². The number of hydrogen-bond acceptors (Lipinski definition) is 7. The van der Waals surface area contributed by atoms with Crippen LogP contribution in [0.5, 0.6) is 11.5 Å². The first-order valence-electron chi connectivity index (χ1n) is 12.0. The van der Waals surface area contributed by atoms with Crippen molar-refractivity contribution in [3.05, 3.63) is 93.9 Å². The number of nitrogens with one attached hydrogen (secondary N) is 1. The molecule has 12 heteroatoms. The molecule has 206 valence electrons. The summed E-state index contributed by atoms with van der Waals surface area (Å²) >= 11 is 13.7. The van der Waals surface area contributed by atoms with Gasteiger partial charge in [0.15, 0.2) is 11.5 Å². The average Bonchev–Trinajstić information content (AvgIpc) is 3.19. The number of methoxy groups -OCH3 is 1. The van der Waals surface area contributed by atoms with Crippen LogP contribution in [-0.2, 0) is 6.18 Å². The lowest BCUT2D eigenvalue weighted by Crippen LogP contribution is -2.06. The van der Waals surface area contributed by atoms with Gasteiger partial charge in [-0.25, -0.2) is 15.0 Å². The molecule has 1 N–H and O–H groups in total. The van der Waals surface area contributed by atoms with Gasteiger partial charge in [0.05, 0.1) is 33.9 Å². The minimum atomic E-state index is -4.39. The van der Waals surface area contributed by atoms with Crippen molar-refractivity contribution in [3.8, 4) is 11.5 Å². The number of alkyl halides is 3. The van der Waals surface area contributed by atoms with Crippen molar-refractivity contribution in [1.29, 1.82) is 0 Å². The van der Waals surface area contributed by atoms with Crippen molar-refractivity contribution >= 4 is 62.4 Å². The van der Waals surface area contributed by atoms with Crippen molar-refractivity contribution < 1.29 is 22.6 Å². The molecule has 0 spiro atoms. The van der Waals surface area contributed by atoms with Gasteiger partial charge in [0.25, 0.3) is 0 Å². The zero-order valence-corrected chi connectivity index (χ0v) is 23.3. The van der Waals surface area contributed by atoms with E-state index in [9.17, 15) is 13.2 Å². The maximum atomic E-state index is 13.0. The summed E-state index contributed by atoms with van der Waals surface area (Å²) in [5, 5.41) is 5.42. The number of hydrogen-bond donors (Lipinski definition) is 1. The fourth-order valence-corrected chi connectivity index (χ4v) is 5.14. The van der Waals surface area contributed by atoms with Crippen molar-refractivity contribution in [2.75, 3.05) is 24.8 Å². The molecule has 3 aromatic carbocycles. The molecule has 0 saturated carbocycles. The Morgan fingerprint density at radius 3 is 2.50 bits per heavy atom. The Bertz CT molecular complexity index is 1610. The van der Waals surface area contributed by atoms with Gasteiger partial charge in [-0.3, -0.25) is 0 Å². The molecule has 40 heavy (non-hydrogen) atoms. The first-order chi connectivity index (χ1) is 19.2. The van der Waals surface area contributed by atoms with Gasteiger partial charge >= 0.3 is 6.18 Å². The highest BCUT2D eigenvalue weighted by molar-refractivity contribution is 8.14. The Hall–Kier alpha value is -3.47. The van der Waals surface area contributed by atoms with E-state index in [1.807, 2.05) is 6.08 Å². The third-order valence-electron chi connectivity index (χ3n) is 5.92. The summed E-state index contributed by atoms with van der Waals surface area (Å²) in [4.78, 5) is 13.4. The number of nitrogens with zero attached hydrogens (tertiary/aromatic N) is 3. The van der Waals surface area contributed by atoms with Crippen LogP contribution in [0.3, 0.4) is 0 Å². The predicted molar refractivity (Wildman–Crippen MR) is 154 cm³/mol. The zero-order chi connectivity index (χ0) is 28.3. The number of fused-ring (bicyclic) bond motifs is 1. The Balaban J connectivity index is 1.37. The van der Waals surface area contributed by atoms with Crippen LogP contribution in [0.25, 0.3) is 10.9 Å². The smallest absolute Gasteiger partial charge is 0.416 e. The number of allylic oxidation sites excluding steroid dienone is 1. The van der Waals surface area contributed by atoms with Gasteiger partial charge in [0.1, 0.15) is 23.8 Å². The molecule has 0 bridgehead atoms. The fraction of sp³-hybridized carbons (Fsp3) is 0.179.